The van der Waals surface area contributed by atoms with Gasteiger partial charge in [-0.15, -0.1) is 0 Å². The second-order valence-corrected chi connectivity index (χ2v) is 6.72. The summed E-state index contributed by atoms with van der Waals surface area (Å²) >= 11 is 5.87. The first-order valence-electron chi connectivity index (χ1n) is 5.82. The average molecular weight is 293 g/mol. The Balaban J connectivity index is 2.33. The predicted octanol–water partition coefficient (Wildman–Crippen LogP) is 0.623. The van der Waals surface area contributed by atoms with Crippen molar-refractivity contribution in [2.45, 2.75) is 36.2 Å². The lowest BCUT2D eigenvalue weighted by Gasteiger charge is -2.28. The first kappa shape index (κ1) is 13.8. The van der Waals surface area contributed by atoms with Crippen molar-refractivity contribution in [2.24, 2.45) is 12.8 Å². The molecule has 0 amide bonds. The minimum Gasteiger partial charge on any atom is -0.329 e. The van der Waals surface area contributed by atoms with E-state index < -0.39 is 15.6 Å². The van der Waals surface area contributed by atoms with Gasteiger partial charge in [0.1, 0.15) is 0 Å². The number of sulfonamides is 1. The number of aryl methyl sites for hydroxylation is 1. The summed E-state index contributed by atoms with van der Waals surface area (Å²) in [6.45, 7) is 0.293. The van der Waals surface area contributed by atoms with Crippen LogP contribution in [0, 0.1) is 0 Å². The van der Waals surface area contributed by atoms with E-state index in [1.807, 2.05) is 0 Å². The van der Waals surface area contributed by atoms with Crippen molar-refractivity contribution in [3.05, 3.63) is 11.2 Å². The zero-order valence-corrected chi connectivity index (χ0v) is 11.8. The average Bonchev–Trinajstić information content (AvgIpc) is 2.86. The number of rotatable bonds is 4. The molecule has 0 atom stereocenters. The lowest BCUT2D eigenvalue weighted by molar-refractivity contribution is 0.397. The van der Waals surface area contributed by atoms with Crippen LogP contribution in [-0.4, -0.2) is 30.3 Å². The number of nitrogens with two attached hydrogens (primary N) is 1. The van der Waals surface area contributed by atoms with E-state index in [1.165, 1.54) is 10.9 Å². The van der Waals surface area contributed by atoms with Gasteiger partial charge in [0.15, 0.2) is 5.03 Å². The van der Waals surface area contributed by atoms with Gasteiger partial charge in [0.2, 0.25) is 0 Å². The maximum absolute atomic E-state index is 12.3. The minimum atomic E-state index is -3.69. The Morgan fingerprint density at radius 3 is 2.61 bits per heavy atom. The maximum Gasteiger partial charge on any atom is 0.259 e. The van der Waals surface area contributed by atoms with Crippen LogP contribution in [0.2, 0.25) is 5.02 Å². The summed E-state index contributed by atoms with van der Waals surface area (Å²) in [7, 11) is -2.15. The van der Waals surface area contributed by atoms with Crippen molar-refractivity contribution >= 4 is 21.6 Å². The molecular weight excluding hydrogens is 276 g/mol. The first-order chi connectivity index (χ1) is 8.40. The minimum absolute atomic E-state index is 0.0103. The Kier molecular flexibility index (Phi) is 3.68. The summed E-state index contributed by atoms with van der Waals surface area (Å²) in [6.07, 6.45) is 4.81. The SMILES string of the molecule is Cn1ncc(Cl)c1S(=O)(=O)NC1(CN)CCCC1. The zero-order chi connectivity index (χ0) is 13.4. The summed E-state index contributed by atoms with van der Waals surface area (Å²) in [5.41, 5.74) is 5.19. The number of hydrogen-bond donors (Lipinski definition) is 2. The molecular formula is C10H17ClN4O2S. The highest BCUT2D eigenvalue weighted by atomic mass is 35.5. The van der Waals surface area contributed by atoms with Gasteiger partial charge in [0.25, 0.3) is 10.0 Å². The lowest BCUT2D eigenvalue weighted by atomic mass is 10.0. The molecule has 1 heterocycles. The van der Waals surface area contributed by atoms with E-state index in [9.17, 15) is 8.42 Å². The number of halogens is 1. The third kappa shape index (κ3) is 2.40. The molecule has 18 heavy (non-hydrogen) atoms. The highest BCUT2D eigenvalue weighted by molar-refractivity contribution is 7.89. The smallest absolute Gasteiger partial charge is 0.259 e. The fourth-order valence-electron chi connectivity index (χ4n) is 2.43. The molecule has 1 aromatic heterocycles. The van der Waals surface area contributed by atoms with Crippen LogP contribution >= 0.6 is 11.6 Å². The van der Waals surface area contributed by atoms with Gasteiger partial charge in [0.05, 0.1) is 11.2 Å². The molecule has 0 unspecified atom stereocenters. The van der Waals surface area contributed by atoms with Gasteiger partial charge in [-0.3, -0.25) is 4.68 Å². The molecule has 0 saturated heterocycles. The molecule has 0 spiro atoms. The van der Waals surface area contributed by atoms with Crippen molar-refractivity contribution < 1.29 is 8.42 Å². The summed E-state index contributed by atoms with van der Waals surface area (Å²) < 4.78 is 28.6. The van der Waals surface area contributed by atoms with Crippen LogP contribution in [0.3, 0.4) is 0 Å². The summed E-state index contributed by atoms with van der Waals surface area (Å²) in [5.74, 6) is 0. The molecule has 8 heteroatoms. The number of aromatic nitrogens is 2. The fourth-order valence-corrected chi connectivity index (χ4v) is 4.56. The summed E-state index contributed by atoms with van der Waals surface area (Å²) in [4.78, 5) is 0. The first-order valence-corrected chi connectivity index (χ1v) is 7.68. The lowest BCUT2D eigenvalue weighted by Crippen LogP contribution is -2.51. The van der Waals surface area contributed by atoms with Crippen molar-refractivity contribution in [3.8, 4) is 0 Å². The molecule has 1 fully saturated rings. The van der Waals surface area contributed by atoms with Crippen LogP contribution < -0.4 is 10.5 Å². The van der Waals surface area contributed by atoms with E-state index in [1.54, 1.807) is 7.05 Å². The van der Waals surface area contributed by atoms with Crippen LogP contribution in [0.4, 0.5) is 0 Å². The van der Waals surface area contributed by atoms with E-state index in [0.717, 1.165) is 25.7 Å². The second-order valence-electron chi connectivity index (χ2n) is 4.72. The molecule has 1 aliphatic carbocycles. The predicted molar refractivity (Wildman–Crippen MR) is 68.8 cm³/mol. The van der Waals surface area contributed by atoms with Crippen molar-refractivity contribution in [2.75, 3.05) is 6.54 Å². The number of nitrogens with one attached hydrogen (secondary N) is 1. The van der Waals surface area contributed by atoms with Gasteiger partial charge in [-0.2, -0.15) is 5.10 Å². The molecule has 3 N–H and O–H groups in total. The van der Waals surface area contributed by atoms with Gasteiger partial charge in [-0.1, -0.05) is 24.4 Å². The van der Waals surface area contributed by atoms with E-state index >= 15 is 0 Å². The topological polar surface area (TPSA) is 90.0 Å². The summed E-state index contributed by atoms with van der Waals surface area (Å²) in [5, 5.41) is 3.95. The van der Waals surface area contributed by atoms with Gasteiger partial charge >= 0.3 is 0 Å². The Morgan fingerprint density at radius 1 is 1.56 bits per heavy atom. The van der Waals surface area contributed by atoms with Gasteiger partial charge < -0.3 is 5.73 Å². The van der Waals surface area contributed by atoms with Crippen molar-refractivity contribution in [1.29, 1.82) is 0 Å². The highest BCUT2D eigenvalue weighted by Crippen LogP contribution is 2.31. The van der Waals surface area contributed by atoms with Crippen LogP contribution in [-0.2, 0) is 17.1 Å². The van der Waals surface area contributed by atoms with Crippen LogP contribution in [0.5, 0.6) is 0 Å². The Bertz CT molecular complexity index is 515. The van der Waals surface area contributed by atoms with Crippen molar-refractivity contribution in [3.63, 3.8) is 0 Å². The quantitative estimate of drug-likeness (QED) is 0.851. The molecule has 0 radical (unpaired) electrons. The van der Waals surface area contributed by atoms with E-state index in [0.29, 0.717) is 6.54 Å². The monoisotopic (exact) mass is 292 g/mol. The van der Waals surface area contributed by atoms with Gasteiger partial charge in [-0.25, -0.2) is 13.1 Å². The molecule has 1 aliphatic rings. The largest absolute Gasteiger partial charge is 0.329 e. The molecule has 2 rings (SSSR count). The molecule has 6 nitrogen and oxygen atoms in total. The highest BCUT2D eigenvalue weighted by Gasteiger charge is 2.38. The maximum atomic E-state index is 12.3. The summed E-state index contributed by atoms with van der Waals surface area (Å²) in [6, 6.07) is 0. The molecule has 0 bridgehead atoms. The number of hydrogen-bond acceptors (Lipinski definition) is 4. The molecule has 0 aliphatic heterocycles. The van der Waals surface area contributed by atoms with E-state index in [2.05, 4.69) is 9.82 Å². The fraction of sp³-hybridized carbons (Fsp3) is 0.700. The number of nitrogens with zero attached hydrogens (tertiary/aromatic N) is 2. The Morgan fingerprint density at radius 2 is 2.17 bits per heavy atom. The van der Waals surface area contributed by atoms with Crippen LogP contribution in [0.15, 0.2) is 11.2 Å². The van der Waals surface area contributed by atoms with E-state index in [-0.39, 0.29) is 10.0 Å². The van der Waals surface area contributed by atoms with Crippen molar-refractivity contribution in [1.82, 2.24) is 14.5 Å². The Labute approximate surface area is 112 Å². The molecule has 102 valence electrons. The molecule has 0 aromatic carbocycles. The normalized spacial score (nSPS) is 19.3. The zero-order valence-electron chi connectivity index (χ0n) is 10.2. The third-order valence-corrected chi connectivity index (χ3v) is 5.48. The second kappa shape index (κ2) is 4.80. The van der Waals surface area contributed by atoms with Crippen LogP contribution in [0.25, 0.3) is 0 Å². The molecule has 1 aromatic rings. The van der Waals surface area contributed by atoms with Gasteiger partial charge in [0, 0.05) is 19.1 Å². The standard InChI is InChI=1S/C10H17ClN4O2S/c1-15-9(8(11)6-13-15)18(16,17)14-10(7-12)4-2-3-5-10/h6,14H,2-5,7,12H2,1H3. The van der Waals surface area contributed by atoms with Crippen LogP contribution in [0.1, 0.15) is 25.7 Å². The molecule has 1 saturated carbocycles. The van der Waals surface area contributed by atoms with E-state index in [4.69, 9.17) is 17.3 Å². The van der Waals surface area contributed by atoms with Gasteiger partial charge in [-0.05, 0) is 12.8 Å². The Hall–Kier alpha value is -0.630. The third-order valence-electron chi connectivity index (χ3n) is 3.40.